The lowest BCUT2D eigenvalue weighted by Gasteiger charge is -2.09. The van der Waals surface area contributed by atoms with Gasteiger partial charge in [-0.1, -0.05) is 40.9 Å². The number of halogens is 3. The van der Waals surface area contributed by atoms with Crippen molar-refractivity contribution in [3.05, 3.63) is 45.2 Å². The molecule has 0 radical (unpaired) electrons. The van der Waals surface area contributed by atoms with E-state index in [1.165, 1.54) is 6.33 Å². The number of nitrogens with one attached hydrogen (secondary N) is 1. The summed E-state index contributed by atoms with van der Waals surface area (Å²) in [5, 5.41) is 4.67. The molecule has 0 atom stereocenters. The Morgan fingerprint density at radius 1 is 1.16 bits per heavy atom. The molecular weight excluding hydrogens is 307 g/mol. The van der Waals surface area contributed by atoms with E-state index in [0.29, 0.717) is 27.4 Å². The van der Waals surface area contributed by atoms with Crippen molar-refractivity contribution in [1.82, 2.24) is 9.97 Å². The first-order chi connectivity index (χ1) is 9.08. The molecule has 2 aromatic rings. The van der Waals surface area contributed by atoms with Gasteiger partial charge in [0.1, 0.15) is 23.0 Å². The van der Waals surface area contributed by atoms with E-state index in [9.17, 15) is 0 Å². The Balaban J connectivity index is 1.98. The summed E-state index contributed by atoms with van der Waals surface area (Å²) in [5.41, 5.74) is 6.58. The van der Waals surface area contributed by atoms with E-state index < -0.39 is 0 Å². The van der Waals surface area contributed by atoms with Crippen LogP contribution >= 0.6 is 34.8 Å². The second kappa shape index (κ2) is 6.28. The molecule has 100 valence electrons. The lowest BCUT2D eigenvalue weighted by molar-refractivity contribution is 1.00. The van der Waals surface area contributed by atoms with Crippen molar-refractivity contribution >= 4 is 46.4 Å². The molecule has 2 rings (SSSR count). The first-order valence-corrected chi connectivity index (χ1v) is 6.65. The van der Waals surface area contributed by atoms with Crippen LogP contribution in [0.1, 0.15) is 5.56 Å². The Labute approximate surface area is 125 Å². The van der Waals surface area contributed by atoms with Gasteiger partial charge in [0.05, 0.1) is 0 Å². The van der Waals surface area contributed by atoms with Crippen LogP contribution in [0.4, 0.5) is 11.6 Å². The topological polar surface area (TPSA) is 63.8 Å². The molecule has 0 aliphatic carbocycles. The van der Waals surface area contributed by atoms with Gasteiger partial charge in [-0.3, -0.25) is 0 Å². The minimum absolute atomic E-state index is 0.253. The molecule has 3 N–H and O–H groups in total. The van der Waals surface area contributed by atoms with Crippen molar-refractivity contribution in [1.29, 1.82) is 0 Å². The van der Waals surface area contributed by atoms with E-state index in [4.69, 9.17) is 40.5 Å². The van der Waals surface area contributed by atoms with E-state index in [-0.39, 0.29) is 5.82 Å². The van der Waals surface area contributed by atoms with Gasteiger partial charge in [0, 0.05) is 16.6 Å². The number of nitrogens with two attached hydrogens (primary N) is 1. The molecule has 0 fully saturated rings. The normalized spacial score (nSPS) is 10.5. The molecule has 4 nitrogen and oxygen atoms in total. The van der Waals surface area contributed by atoms with E-state index in [2.05, 4.69) is 15.3 Å². The summed E-state index contributed by atoms with van der Waals surface area (Å²) in [7, 11) is 0. The van der Waals surface area contributed by atoms with E-state index in [1.807, 2.05) is 6.07 Å². The Hall–Kier alpha value is -1.23. The highest BCUT2D eigenvalue weighted by atomic mass is 35.5. The average Bonchev–Trinajstić information content (AvgIpc) is 2.37. The second-order valence-electron chi connectivity index (χ2n) is 3.83. The lowest BCUT2D eigenvalue weighted by atomic mass is 10.1. The first-order valence-electron chi connectivity index (χ1n) is 5.51. The van der Waals surface area contributed by atoms with E-state index in [0.717, 1.165) is 12.0 Å². The van der Waals surface area contributed by atoms with E-state index >= 15 is 0 Å². The third-order valence-corrected chi connectivity index (χ3v) is 3.48. The fraction of sp³-hybridized carbons (Fsp3) is 0.167. The van der Waals surface area contributed by atoms with Gasteiger partial charge in [-0.25, -0.2) is 9.97 Å². The summed E-state index contributed by atoms with van der Waals surface area (Å²) in [6, 6.07) is 5.41. The van der Waals surface area contributed by atoms with Crippen LogP contribution in [0, 0.1) is 0 Å². The quantitative estimate of drug-likeness (QED) is 0.903. The Morgan fingerprint density at radius 3 is 2.68 bits per heavy atom. The highest BCUT2D eigenvalue weighted by Gasteiger charge is 2.06. The Bertz CT molecular complexity index is 589. The average molecular weight is 318 g/mol. The highest BCUT2D eigenvalue weighted by Crippen LogP contribution is 2.24. The largest absolute Gasteiger partial charge is 0.382 e. The summed E-state index contributed by atoms with van der Waals surface area (Å²) < 4.78 is 0. The van der Waals surface area contributed by atoms with Crippen LogP contribution in [0.25, 0.3) is 0 Å². The maximum absolute atomic E-state index is 6.08. The Kier molecular flexibility index (Phi) is 4.69. The summed E-state index contributed by atoms with van der Waals surface area (Å²) >= 11 is 17.9. The maximum atomic E-state index is 6.08. The van der Waals surface area contributed by atoms with Gasteiger partial charge in [-0.2, -0.15) is 0 Å². The van der Waals surface area contributed by atoms with Gasteiger partial charge >= 0.3 is 0 Å². The first kappa shape index (κ1) is 14.2. The summed E-state index contributed by atoms with van der Waals surface area (Å²) in [6.07, 6.45) is 2.08. The molecule has 0 amide bonds. The fourth-order valence-corrected chi connectivity index (χ4v) is 2.21. The van der Waals surface area contributed by atoms with E-state index in [1.54, 1.807) is 12.1 Å². The fourth-order valence-electron chi connectivity index (χ4n) is 1.55. The number of hydrogen-bond acceptors (Lipinski definition) is 4. The highest BCUT2D eigenvalue weighted by molar-refractivity contribution is 6.35. The second-order valence-corrected chi connectivity index (χ2v) is 5.06. The van der Waals surface area contributed by atoms with Gasteiger partial charge in [0.2, 0.25) is 0 Å². The number of nitrogen functional groups attached to an aromatic ring is 1. The van der Waals surface area contributed by atoms with Gasteiger partial charge in [0.25, 0.3) is 0 Å². The third-order valence-electron chi connectivity index (χ3n) is 2.52. The van der Waals surface area contributed by atoms with Crippen LogP contribution in [0.5, 0.6) is 0 Å². The molecule has 0 saturated heterocycles. The molecule has 7 heteroatoms. The minimum Gasteiger partial charge on any atom is -0.382 e. The zero-order valence-corrected chi connectivity index (χ0v) is 12.1. The molecule has 0 aliphatic heterocycles. The van der Waals surface area contributed by atoms with Crippen molar-refractivity contribution in [2.24, 2.45) is 0 Å². The molecule has 1 heterocycles. The van der Waals surface area contributed by atoms with Gasteiger partial charge in [0.15, 0.2) is 0 Å². The van der Waals surface area contributed by atoms with Crippen LogP contribution in [0.2, 0.25) is 15.1 Å². The Morgan fingerprint density at radius 2 is 1.95 bits per heavy atom. The van der Waals surface area contributed by atoms with Crippen LogP contribution in [-0.4, -0.2) is 16.5 Å². The van der Waals surface area contributed by atoms with Crippen molar-refractivity contribution in [3.8, 4) is 0 Å². The van der Waals surface area contributed by atoms with Gasteiger partial charge in [-0.05, 0) is 24.1 Å². The molecule has 19 heavy (non-hydrogen) atoms. The number of hydrogen-bond donors (Lipinski definition) is 2. The van der Waals surface area contributed by atoms with Crippen LogP contribution < -0.4 is 11.1 Å². The number of benzene rings is 1. The van der Waals surface area contributed by atoms with Crippen molar-refractivity contribution in [2.75, 3.05) is 17.6 Å². The molecule has 0 unspecified atom stereocenters. The standard InChI is InChI=1S/C12H11Cl3N4/c13-8-2-1-7(9(14)5-8)3-4-17-12-10(15)11(16)18-6-19-12/h1-2,5-6H,3-4H2,(H3,16,17,18,19). The molecule has 0 bridgehead atoms. The molecule has 0 spiro atoms. The van der Waals surface area contributed by atoms with Crippen LogP contribution in [0.15, 0.2) is 24.5 Å². The number of nitrogens with zero attached hydrogens (tertiary/aromatic N) is 2. The van der Waals surface area contributed by atoms with Crippen LogP contribution in [-0.2, 0) is 6.42 Å². The van der Waals surface area contributed by atoms with Crippen molar-refractivity contribution in [3.63, 3.8) is 0 Å². The van der Waals surface area contributed by atoms with Crippen molar-refractivity contribution in [2.45, 2.75) is 6.42 Å². The predicted molar refractivity (Wildman–Crippen MR) is 80.1 cm³/mol. The van der Waals surface area contributed by atoms with Crippen LogP contribution in [0.3, 0.4) is 0 Å². The third kappa shape index (κ3) is 3.62. The number of anilines is 2. The SMILES string of the molecule is Nc1ncnc(NCCc2ccc(Cl)cc2Cl)c1Cl. The van der Waals surface area contributed by atoms with Crippen molar-refractivity contribution < 1.29 is 0 Å². The monoisotopic (exact) mass is 316 g/mol. The lowest BCUT2D eigenvalue weighted by Crippen LogP contribution is -2.08. The zero-order chi connectivity index (χ0) is 13.8. The zero-order valence-electron chi connectivity index (χ0n) is 9.83. The number of aromatic nitrogens is 2. The predicted octanol–water partition coefficient (Wildman–Crippen LogP) is 3.67. The number of rotatable bonds is 4. The minimum atomic E-state index is 0.253. The summed E-state index contributed by atoms with van der Waals surface area (Å²) in [5.74, 6) is 0.767. The van der Waals surface area contributed by atoms with Gasteiger partial charge < -0.3 is 11.1 Å². The smallest absolute Gasteiger partial charge is 0.150 e. The maximum Gasteiger partial charge on any atom is 0.150 e. The van der Waals surface area contributed by atoms with Gasteiger partial charge in [-0.15, -0.1) is 0 Å². The molecule has 0 saturated carbocycles. The molecule has 0 aliphatic rings. The molecule has 1 aromatic carbocycles. The molecular formula is C12H11Cl3N4. The summed E-state index contributed by atoms with van der Waals surface area (Å²) in [4.78, 5) is 7.81. The summed E-state index contributed by atoms with van der Waals surface area (Å²) in [6.45, 7) is 0.623. The molecule has 1 aromatic heterocycles.